The molecule has 0 aromatic heterocycles. The first-order chi connectivity index (χ1) is 14.0. The van der Waals surface area contributed by atoms with Gasteiger partial charge in [0.1, 0.15) is 12.3 Å². The summed E-state index contributed by atoms with van der Waals surface area (Å²) in [5.74, 6) is 0.754. The van der Waals surface area contributed by atoms with Gasteiger partial charge in [0.2, 0.25) is 5.91 Å². The van der Waals surface area contributed by atoms with Gasteiger partial charge in [0.25, 0.3) is 5.91 Å². The Bertz CT molecular complexity index is 720. The van der Waals surface area contributed by atoms with E-state index in [9.17, 15) is 9.59 Å². The maximum Gasteiger partial charge on any atom is 0.265 e. The van der Waals surface area contributed by atoms with E-state index >= 15 is 0 Å². The lowest BCUT2D eigenvalue weighted by Gasteiger charge is -2.39. The molecule has 3 rings (SSSR count). The zero-order valence-corrected chi connectivity index (χ0v) is 18.7. The third-order valence-electron chi connectivity index (χ3n) is 5.78. The zero-order chi connectivity index (χ0) is 20.8. The molecular weight excluding hydrogens is 438 g/mol. The predicted molar refractivity (Wildman–Crippen MR) is 115 cm³/mol. The van der Waals surface area contributed by atoms with Crippen molar-refractivity contribution < 1.29 is 19.1 Å². The fourth-order valence-corrected chi connectivity index (χ4v) is 4.45. The van der Waals surface area contributed by atoms with Crippen molar-refractivity contribution in [2.45, 2.75) is 32.7 Å². The van der Waals surface area contributed by atoms with Gasteiger partial charge in [0.15, 0.2) is 6.61 Å². The molecule has 1 aromatic rings. The zero-order valence-electron chi connectivity index (χ0n) is 17.2. The van der Waals surface area contributed by atoms with E-state index in [0.29, 0.717) is 23.9 Å². The molecule has 2 aliphatic rings. The van der Waals surface area contributed by atoms with Gasteiger partial charge in [-0.1, -0.05) is 42.6 Å². The largest absolute Gasteiger partial charge is 0.482 e. The molecule has 2 amide bonds. The molecule has 160 valence electrons. The van der Waals surface area contributed by atoms with Gasteiger partial charge < -0.3 is 14.8 Å². The van der Waals surface area contributed by atoms with Crippen LogP contribution in [0.2, 0.25) is 0 Å². The second-order valence-electron chi connectivity index (χ2n) is 7.48. The summed E-state index contributed by atoms with van der Waals surface area (Å²) in [7, 11) is 0. The first kappa shape index (κ1) is 22.1. The van der Waals surface area contributed by atoms with Crippen molar-refractivity contribution in [1.82, 2.24) is 10.2 Å². The number of carbonyl (C=O) groups is 2. The Kier molecular flexibility index (Phi) is 7.91. The first-order valence-electron chi connectivity index (χ1n) is 10.3. The molecule has 0 spiro atoms. The maximum atomic E-state index is 12.7. The van der Waals surface area contributed by atoms with Gasteiger partial charge in [-0.3, -0.25) is 19.4 Å². The number of ether oxygens (including phenoxy) is 2. The van der Waals surface area contributed by atoms with Crippen LogP contribution in [-0.2, 0) is 14.3 Å². The van der Waals surface area contributed by atoms with Crippen molar-refractivity contribution in [3.05, 3.63) is 22.7 Å². The van der Waals surface area contributed by atoms with Crippen LogP contribution in [0.4, 0.5) is 5.69 Å². The molecule has 0 radical (unpaired) electrons. The summed E-state index contributed by atoms with van der Waals surface area (Å²) in [5.41, 5.74) is 0.629. The molecule has 1 atom stereocenters. The van der Waals surface area contributed by atoms with Crippen LogP contribution in [0.3, 0.4) is 0 Å². The number of hydrogen-bond donors (Lipinski definition) is 1. The quantitative estimate of drug-likeness (QED) is 0.635. The van der Waals surface area contributed by atoms with Crippen molar-refractivity contribution in [3.8, 4) is 5.75 Å². The Morgan fingerprint density at radius 1 is 1.24 bits per heavy atom. The van der Waals surface area contributed by atoms with Gasteiger partial charge in [-0.2, -0.15) is 0 Å². The Balaban J connectivity index is 1.64. The lowest BCUT2D eigenvalue weighted by Crippen LogP contribution is -2.53. The highest BCUT2D eigenvalue weighted by atomic mass is 79.9. The number of hydrogen-bond acceptors (Lipinski definition) is 5. The number of nitrogens with zero attached hydrogens (tertiary/aromatic N) is 2. The van der Waals surface area contributed by atoms with Gasteiger partial charge in [0.05, 0.1) is 18.9 Å². The minimum atomic E-state index is -0.209. The standard InChI is InChI=1S/C21H30BrN3O4/c1-3-15(4-2)18(24-7-9-28-10-8-24)12-23-20(26)13-25-17-6-5-16(22)11-19(17)29-14-21(25)27/h5-6,11,15,18H,3-4,7-10,12-14H2,1-2H3,(H,23,26). The van der Waals surface area contributed by atoms with Gasteiger partial charge in [-0.15, -0.1) is 0 Å². The van der Waals surface area contributed by atoms with Crippen molar-refractivity contribution in [2.24, 2.45) is 5.92 Å². The molecule has 2 heterocycles. The molecule has 0 aliphatic carbocycles. The third kappa shape index (κ3) is 5.49. The number of benzene rings is 1. The Labute approximate surface area is 180 Å². The SMILES string of the molecule is CCC(CC)C(CNC(=O)CN1C(=O)COc2cc(Br)ccc21)N1CCOCC1. The fraction of sp³-hybridized carbons (Fsp3) is 0.619. The van der Waals surface area contributed by atoms with E-state index in [1.54, 1.807) is 6.07 Å². The lowest BCUT2D eigenvalue weighted by molar-refractivity contribution is -0.125. The van der Waals surface area contributed by atoms with Gasteiger partial charge in [0, 0.05) is 30.1 Å². The van der Waals surface area contributed by atoms with Crippen molar-refractivity contribution >= 4 is 33.4 Å². The number of halogens is 1. The average molecular weight is 468 g/mol. The molecule has 8 heteroatoms. The number of nitrogens with one attached hydrogen (secondary N) is 1. The molecule has 0 saturated carbocycles. The minimum absolute atomic E-state index is 0.00439. The minimum Gasteiger partial charge on any atom is -0.482 e. The first-order valence-corrected chi connectivity index (χ1v) is 11.1. The van der Waals surface area contributed by atoms with Gasteiger partial charge in [-0.25, -0.2) is 0 Å². The molecule has 1 saturated heterocycles. The normalized spacial score (nSPS) is 18.3. The summed E-state index contributed by atoms with van der Waals surface area (Å²) in [6.07, 6.45) is 2.14. The Morgan fingerprint density at radius 2 is 1.97 bits per heavy atom. The molecule has 1 N–H and O–H groups in total. The molecule has 7 nitrogen and oxygen atoms in total. The molecule has 1 fully saturated rings. The molecule has 2 aliphatic heterocycles. The second-order valence-corrected chi connectivity index (χ2v) is 8.39. The van der Waals surface area contributed by atoms with Crippen LogP contribution in [0.15, 0.2) is 22.7 Å². The van der Waals surface area contributed by atoms with Crippen LogP contribution < -0.4 is 15.0 Å². The third-order valence-corrected chi connectivity index (χ3v) is 6.28. The van der Waals surface area contributed by atoms with Crippen LogP contribution in [0, 0.1) is 5.92 Å². The Morgan fingerprint density at radius 3 is 2.66 bits per heavy atom. The lowest BCUT2D eigenvalue weighted by atomic mass is 9.92. The smallest absolute Gasteiger partial charge is 0.265 e. The molecule has 0 bridgehead atoms. The van der Waals surface area contributed by atoms with Crippen molar-refractivity contribution in [3.63, 3.8) is 0 Å². The van der Waals surface area contributed by atoms with Gasteiger partial charge in [-0.05, 0) is 24.1 Å². The summed E-state index contributed by atoms with van der Waals surface area (Å²) >= 11 is 3.41. The summed E-state index contributed by atoms with van der Waals surface area (Å²) in [5, 5.41) is 3.07. The predicted octanol–water partition coefficient (Wildman–Crippen LogP) is 2.43. The number of amides is 2. The van der Waals surface area contributed by atoms with E-state index in [4.69, 9.17) is 9.47 Å². The van der Waals surface area contributed by atoms with E-state index in [-0.39, 0.29) is 31.0 Å². The summed E-state index contributed by atoms with van der Waals surface area (Å²) in [6, 6.07) is 5.73. The molecule has 1 unspecified atom stereocenters. The highest BCUT2D eigenvalue weighted by molar-refractivity contribution is 9.10. The van der Waals surface area contributed by atoms with Crippen molar-refractivity contribution in [2.75, 3.05) is 50.9 Å². The number of carbonyl (C=O) groups excluding carboxylic acids is 2. The van der Waals surface area contributed by atoms with Crippen LogP contribution in [0.1, 0.15) is 26.7 Å². The second kappa shape index (κ2) is 10.4. The number of anilines is 1. The van der Waals surface area contributed by atoms with E-state index in [0.717, 1.165) is 43.6 Å². The van der Waals surface area contributed by atoms with E-state index < -0.39 is 0 Å². The Hall–Kier alpha value is -1.64. The van der Waals surface area contributed by atoms with Crippen LogP contribution in [0.5, 0.6) is 5.75 Å². The average Bonchev–Trinajstić information content (AvgIpc) is 2.73. The number of rotatable bonds is 8. The van der Waals surface area contributed by atoms with Crippen LogP contribution in [0.25, 0.3) is 0 Å². The fourth-order valence-electron chi connectivity index (χ4n) is 4.11. The highest BCUT2D eigenvalue weighted by Crippen LogP contribution is 2.34. The van der Waals surface area contributed by atoms with Crippen LogP contribution >= 0.6 is 15.9 Å². The maximum absolute atomic E-state index is 12.7. The summed E-state index contributed by atoms with van der Waals surface area (Å²) in [6.45, 7) is 8.17. The van der Waals surface area contributed by atoms with E-state index in [1.165, 1.54) is 4.90 Å². The monoisotopic (exact) mass is 467 g/mol. The van der Waals surface area contributed by atoms with E-state index in [1.807, 2.05) is 12.1 Å². The topological polar surface area (TPSA) is 71.1 Å². The van der Waals surface area contributed by atoms with E-state index in [2.05, 4.69) is 40.0 Å². The molecule has 1 aromatic carbocycles. The molecular formula is C21H30BrN3O4. The summed E-state index contributed by atoms with van der Waals surface area (Å²) < 4.78 is 11.9. The number of fused-ring (bicyclic) bond motifs is 1. The summed E-state index contributed by atoms with van der Waals surface area (Å²) in [4.78, 5) is 29.0. The molecule has 29 heavy (non-hydrogen) atoms. The van der Waals surface area contributed by atoms with Crippen LogP contribution in [-0.4, -0.2) is 68.8 Å². The highest BCUT2D eigenvalue weighted by Gasteiger charge is 2.30. The van der Waals surface area contributed by atoms with Gasteiger partial charge >= 0.3 is 0 Å². The van der Waals surface area contributed by atoms with Crippen molar-refractivity contribution in [1.29, 1.82) is 0 Å². The number of morpholine rings is 1.